The largest absolute Gasteiger partial charge is 0.399 e. The van der Waals surface area contributed by atoms with Gasteiger partial charge in [-0.05, 0) is 58.9 Å². The van der Waals surface area contributed by atoms with E-state index in [2.05, 4.69) is 10.2 Å². The number of nitrogens with zero attached hydrogens (tertiary/aromatic N) is 2. The SMILES string of the molecule is CN(C)CCCN(C)CC(=O)Nc1cc(N)ccc1F. The summed E-state index contributed by atoms with van der Waals surface area (Å²) >= 11 is 0. The highest BCUT2D eigenvalue weighted by atomic mass is 19.1. The van der Waals surface area contributed by atoms with Gasteiger partial charge >= 0.3 is 0 Å². The molecular formula is C14H23FN4O. The summed E-state index contributed by atoms with van der Waals surface area (Å²) < 4.78 is 13.5. The minimum Gasteiger partial charge on any atom is -0.399 e. The molecule has 0 aliphatic heterocycles. The van der Waals surface area contributed by atoms with E-state index in [1.165, 1.54) is 18.2 Å². The molecule has 0 aromatic heterocycles. The predicted molar refractivity (Wildman–Crippen MR) is 80.1 cm³/mol. The first-order chi connectivity index (χ1) is 9.38. The standard InChI is InChI=1S/C14H23FN4O/c1-18(2)7-4-8-19(3)10-14(20)17-13-9-11(16)5-6-12(13)15/h5-6,9H,4,7-8,10,16H2,1-3H3,(H,17,20). The van der Waals surface area contributed by atoms with Crippen molar-refractivity contribution in [2.75, 3.05) is 51.8 Å². The first-order valence-electron chi connectivity index (χ1n) is 6.56. The van der Waals surface area contributed by atoms with Crippen LogP contribution >= 0.6 is 0 Å². The highest BCUT2D eigenvalue weighted by Crippen LogP contribution is 2.17. The molecule has 0 unspecified atom stereocenters. The fourth-order valence-electron chi connectivity index (χ4n) is 1.81. The van der Waals surface area contributed by atoms with Crippen molar-refractivity contribution in [2.24, 2.45) is 0 Å². The number of nitrogen functional groups attached to an aromatic ring is 1. The Morgan fingerprint density at radius 2 is 2.00 bits per heavy atom. The average Bonchev–Trinajstić information content (AvgIpc) is 2.33. The van der Waals surface area contributed by atoms with E-state index in [4.69, 9.17) is 5.73 Å². The first-order valence-corrected chi connectivity index (χ1v) is 6.56. The van der Waals surface area contributed by atoms with E-state index in [-0.39, 0.29) is 18.1 Å². The summed E-state index contributed by atoms with van der Waals surface area (Å²) in [5, 5.41) is 2.54. The van der Waals surface area contributed by atoms with Crippen molar-refractivity contribution in [3.63, 3.8) is 0 Å². The highest BCUT2D eigenvalue weighted by molar-refractivity contribution is 5.92. The lowest BCUT2D eigenvalue weighted by atomic mass is 10.2. The zero-order valence-corrected chi connectivity index (χ0v) is 12.3. The highest BCUT2D eigenvalue weighted by Gasteiger charge is 2.10. The number of hydrogen-bond donors (Lipinski definition) is 2. The van der Waals surface area contributed by atoms with Gasteiger partial charge in [-0.25, -0.2) is 4.39 Å². The van der Waals surface area contributed by atoms with Crippen LogP contribution < -0.4 is 11.1 Å². The quantitative estimate of drug-likeness (QED) is 0.738. The summed E-state index contributed by atoms with van der Waals surface area (Å²) in [6.07, 6.45) is 0.976. The Morgan fingerprint density at radius 3 is 2.65 bits per heavy atom. The van der Waals surface area contributed by atoms with Crippen molar-refractivity contribution in [1.82, 2.24) is 9.80 Å². The molecule has 5 nitrogen and oxygen atoms in total. The number of amides is 1. The third kappa shape index (κ3) is 5.99. The lowest BCUT2D eigenvalue weighted by molar-refractivity contribution is -0.117. The van der Waals surface area contributed by atoms with Crippen LogP contribution in [-0.2, 0) is 4.79 Å². The molecule has 20 heavy (non-hydrogen) atoms. The van der Waals surface area contributed by atoms with Crippen LogP contribution in [0.15, 0.2) is 18.2 Å². The molecule has 1 aromatic rings. The number of hydrogen-bond acceptors (Lipinski definition) is 4. The number of anilines is 2. The average molecular weight is 282 g/mol. The number of nitrogens with one attached hydrogen (secondary N) is 1. The molecule has 0 aliphatic carbocycles. The van der Waals surface area contributed by atoms with Gasteiger partial charge in [-0.1, -0.05) is 0 Å². The van der Waals surface area contributed by atoms with E-state index in [0.29, 0.717) is 5.69 Å². The van der Waals surface area contributed by atoms with Crippen LogP contribution in [0, 0.1) is 5.82 Å². The van der Waals surface area contributed by atoms with Gasteiger partial charge in [0, 0.05) is 5.69 Å². The van der Waals surface area contributed by atoms with E-state index in [1.54, 1.807) is 0 Å². The maximum atomic E-state index is 13.5. The number of nitrogens with two attached hydrogens (primary N) is 1. The minimum atomic E-state index is -0.484. The van der Waals surface area contributed by atoms with Crippen molar-refractivity contribution >= 4 is 17.3 Å². The second kappa shape index (κ2) is 7.81. The van der Waals surface area contributed by atoms with E-state index >= 15 is 0 Å². The van der Waals surface area contributed by atoms with Gasteiger partial charge in [0.1, 0.15) is 5.82 Å². The van der Waals surface area contributed by atoms with Crippen LogP contribution in [0.25, 0.3) is 0 Å². The van der Waals surface area contributed by atoms with Crippen molar-refractivity contribution < 1.29 is 9.18 Å². The number of likely N-dealkylation sites (N-methyl/N-ethyl adjacent to an activating group) is 1. The van der Waals surface area contributed by atoms with Crippen molar-refractivity contribution in [3.05, 3.63) is 24.0 Å². The van der Waals surface area contributed by atoms with Gasteiger partial charge in [0.25, 0.3) is 0 Å². The maximum Gasteiger partial charge on any atom is 0.238 e. The Hall–Kier alpha value is -1.66. The zero-order chi connectivity index (χ0) is 15.1. The van der Waals surface area contributed by atoms with Gasteiger partial charge in [0.15, 0.2) is 0 Å². The fourth-order valence-corrected chi connectivity index (χ4v) is 1.81. The molecule has 0 aliphatic rings. The third-order valence-corrected chi connectivity index (χ3v) is 2.82. The Balaban J connectivity index is 2.41. The topological polar surface area (TPSA) is 61.6 Å². The molecule has 0 heterocycles. The lowest BCUT2D eigenvalue weighted by Crippen LogP contribution is -2.32. The van der Waals surface area contributed by atoms with Gasteiger partial charge in [0.2, 0.25) is 5.91 Å². The molecule has 6 heteroatoms. The number of halogens is 1. The van der Waals surface area contributed by atoms with E-state index in [0.717, 1.165) is 19.5 Å². The van der Waals surface area contributed by atoms with Crippen LogP contribution in [-0.4, -0.2) is 56.5 Å². The zero-order valence-electron chi connectivity index (χ0n) is 12.3. The molecule has 3 N–H and O–H groups in total. The summed E-state index contributed by atoms with van der Waals surface area (Å²) in [5.74, 6) is -0.732. The van der Waals surface area contributed by atoms with Crippen molar-refractivity contribution in [3.8, 4) is 0 Å². The lowest BCUT2D eigenvalue weighted by Gasteiger charge is -2.17. The third-order valence-electron chi connectivity index (χ3n) is 2.82. The molecule has 0 saturated heterocycles. The number of carbonyl (C=O) groups excluding carboxylic acids is 1. The minimum absolute atomic E-state index is 0.122. The Bertz CT molecular complexity index is 451. The number of carbonyl (C=O) groups is 1. The second-order valence-electron chi connectivity index (χ2n) is 5.18. The van der Waals surface area contributed by atoms with Gasteiger partial charge in [-0.2, -0.15) is 0 Å². The molecule has 1 rings (SSSR count). The molecule has 112 valence electrons. The fraction of sp³-hybridized carbons (Fsp3) is 0.500. The molecule has 0 saturated carbocycles. The summed E-state index contributed by atoms with van der Waals surface area (Å²) in [4.78, 5) is 15.8. The summed E-state index contributed by atoms with van der Waals surface area (Å²) in [5.41, 5.74) is 6.11. The molecule has 0 atom stereocenters. The van der Waals surface area contributed by atoms with Gasteiger partial charge in [-0.15, -0.1) is 0 Å². The summed E-state index contributed by atoms with van der Waals surface area (Å²) in [6, 6.07) is 4.11. The van der Waals surface area contributed by atoms with Gasteiger partial charge in [0.05, 0.1) is 12.2 Å². The van der Waals surface area contributed by atoms with Gasteiger partial charge < -0.3 is 16.0 Å². The summed E-state index contributed by atoms with van der Waals surface area (Å²) in [7, 11) is 5.88. The van der Waals surface area contributed by atoms with Crippen LogP contribution in [0.3, 0.4) is 0 Å². The second-order valence-corrected chi connectivity index (χ2v) is 5.18. The smallest absolute Gasteiger partial charge is 0.238 e. The van der Waals surface area contributed by atoms with Gasteiger partial charge in [-0.3, -0.25) is 9.69 Å². The molecular weight excluding hydrogens is 259 g/mol. The monoisotopic (exact) mass is 282 g/mol. The molecule has 0 spiro atoms. The number of benzene rings is 1. The van der Waals surface area contributed by atoms with Crippen LogP contribution in [0.2, 0.25) is 0 Å². The molecule has 0 radical (unpaired) electrons. The molecule has 1 amide bonds. The first kappa shape index (κ1) is 16.4. The van der Waals surface area contributed by atoms with Crippen molar-refractivity contribution in [2.45, 2.75) is 6.42 Å². The van der Waals surface area contributed by atoms with Crippen LogP contribution in [0.1, 0.15) is 6.42 Å². The van der Waals surface area contributed by atoms with E-state index in [1.807, 2.05) is 26.0 Å². The Kier molecular flexibility index (Phi) is 6.41. The van der Waals surface area contributed by atoms with Crippen LogP contribution in [0.4, 0.5) is 15.8 Å². The summed E-state index contributed by atoms with van der Waals surface area (Å²) in [6.45, 7) is 2.00. The molecule has 1 aromatic carbocycles. The Morgan fingerprint density at radius 1 is 1.30 bits per heavy atom. The maximum absolute atomic E-state index is 13.5. The Labute approximate surface area is 119 Å². The number of rotatable bonds is 7. The van der Waals surface area contributed by atoms with Crippen molar-refractivity contribution in [1.29, 1.82) is 0 Å². The van der Waals surface area contributed by atoms with Crippen LogP contribution in [0.5, 0.6) is 0 Å². The van der Waals surface area contributed by atoms with E-state index < -0.39 is 5.82 Å². The normalized spacial score (nSPS) is 11.1. The van der Waals surface area contributed by atoms with E-state index in [9.17, 15) is 9.18 Å². The predicted octanol–water partition coefficient (Wildman–Crippen LogP) is 1.23. The molecule has 0 bridgehead atoms. The molecule has 0 fully saturated rings.